The molecule has 0 radical (unpaired) electrons. The van der Waals surface area contributed by atoms with Gasteiger partial charge in [-0.25, -0.2) is 4.79 Å². The van der Waals surface area contributed by atoms with Crippen molar-refractivity contribution in [3.63, 3.8) is 0 Å². The lowest BCUT2D eigenvalue weighted by molar-refractivity contribution is -0.659. The summed E-state index contributed by atoms with van der Waals surface area (Å²) in [5, 5.41) is 2.98. The fourth-order valence-corrected chi connectivity index (χ4v) is 3.45. The lowest BCUT2D eigenvalue weighted by atomic mass is 10.0. The zero-order chi connectivity index (χ0) is 17.4. The zero-order valence-corrected chi connectivity index (χ0v) is 14.5. The number of hydrogen-bond donors (Lipinski definition) is 0. The van der Waals surface area contributed by atoms with Crippen molar-refractivity contribution in [1.82, 2.24) is 0 Å². The summed E-state index contributed by atoms with van der Waals surface area (Å²) in [4.78, 5) is 13.0. The Morgan fingerprint density at radius 3 is 2.52 bits per heavy atom. The molecule has 1 aliphatic rings. The fraction of sp³-hybridized carbons (Fsp3) is 0.182. The van der Waals surface area contributed by atoms with E-state index in [1.165, 1.54) is 0 Å². The number of hydrogen-bond acceptors (Lipinski definition) is 2. The Morgan fingerprint density at radius 1 is 1.00 bits per heavy atom. The molecule has 0 spiro atoms. The van der Waals surface area contributed by atoms with Crippen LogP contribution in [0, 0.1) is 6.92 Å². The van der Waals surface area contributed by atoms with Gasteiger partial charge in [-0.3, -0.25) is 0 Å². The molecule has 0 unspecified atom stereocenters. The van der Waals surface area contributed by atoms with Crippen molar-refractivity contribution >= 4 is 29.0 Å². The van der Waals surface area contributed by atoms with Gasteiger partial charge in [0, 0.05) is 6.07 Å². The summed E-state index contributed by atoms with van der Waals surface area (Å²) in [5.41, 5.74) is 2.82. The van der Waals surface area contributed by atoms with Gasteiger partial charge in [-0.05, 0) is 44.0 Å². The molecule has 0 fully saturated rings. The summed E-state index contributed by atoms with van der Waals surface area (Å²) < 4.78 is 7.84. The minimum absolute atomic E-state index is 0.302. The summed E-state index contributed by atoms with van der Waals surface area (Å²) in [6, 6.07) is 15.5. The quantitative estimate of drug-likeness (QED) is 0.411. The summed E-state index contributed by atoms with van der Waals surface area (Å²) >= 11 is 0. The first-order valence-corrected chi connectivity index (χ1v) is 8.55. The number of esters is 1. The smallest absolute Gasteiger partial charge is 0.345 e. The molecular formula is C22H20NO2+. The van der Waals surface area contributed by atoms with Crippen molar-refractivity contribution < 1.29 is 14.1 Å². The van der Waals surface area contributed by atoms with E-state index in [1.807, 2.05) is 62.5 Å². The van der Waals surface area contributed by atoms with E-state index in [9.17, 15) is 4.79 Å². The predicted molar refractivity (Wildman–Crippen MR) is 98.7 cm³/mol. The Kier molecular flexibility index (Phi) is 3.85. The molecule has 1 aromatic heterocycles. The lowest BCUT2D eigenvalue weighted by Gasteiger charge is -2.10. The molecule has 0 saturated carbocycles. The molecule has 3 nitrogen and oxygen atoms in total. The minimum Gasteiger partial charge on any atom is -0.423 e. The van der Waals surface area contributed by atoms with Crippen LogP contribution in [0.15, 0.2) is 48.5 Å². The highest BCUT2D eigenvalue weighted by atomic mass is 16.5. The van der Waals surface area contributed by atoms with Crippen LogP contribution < -0.4 is 19.9 Å². The Hall–Kier alpha value is -2.94. The van der Waals surface area contributed by atoms with Crippen molar-refractivity contribution in [2.75, 3.05) is 0 Å². The van der Waals surface area contributed by atoms with Gasteiger partial charge in [-0.1, -0.05) is 35.9 Å². The van der Waals surface area contributed by atoms with Gasteiger partial charge >= 0.3 is 5.97 Å². The van der Waals surface area contributed by atoms with Crippen LogP contribution in [0.25, 0.3) is 23.1 Å². The van der Waals surface area contributed by atoms with Gasteiger partial charge in [0.2, 0.25) is 10.9 Å². The molecule has 0 amide bonds. The summed E-state index contributed by atoms with van der Waals surface area (Å²) in [6.45, 7) is 2.01. The van der Waals surface area contributed by atoms with E-state index in [4.69, 9.17) is 4.74 Å². The molecule has 1 heterocycles. The molecule has 3 aromatic rings. The highest BCUT2D eigenvalue weighted by Crippen LogP contribution is 2.17. The number of aromatic nitrogens is 1. The second kappa shape index (κ2) is 6.17. The minimum atomic E-state index is -0.302. The summed E-state index contributed by atoms with van der Waals surface area (Å²) in [5.74, 6) is 0.268. The van der Waals surface area contributed by atoms with Crippen LogP contribution in [0.3, 0.4) is 0 Å². The number of carbonyl (C=O) groups is 1. The van der Waals surface area contributed by atoms with E-state index in [0.29, 0.717) is 11.3 Å². The Morgan fingerprint density at radius 2 is 1.72 bits per heavy atom. The molecular weight excluding hydrogens is 310 g/mol. The topological polar surface area (TPSA) is 30.2 Å². The number of fused-ring (bicyclic) bond motifs is 2. The van der Waals surface area contributed by atoms with E-state index < -0.39 is 0 Å². The lowest BCUT2D eigenvalue weighted by Crippen LogP contribution is -2.57. The SMILES string of the molecule is Cc1ccc(OC(=O)c2c3c([n+](C)c4ccccc24)=CCCC=3)cc1. The van der Waals surface area contributed by atoms with Gasteiger partial charge in [0.15, 0.2) is 0 Å². The highest BCUT2D eigenvalue weighted by molar-refractivity contribution is 6.03. The average Bonchev–Trinajstić information content (AvgIpc) is 2.64. The van der Waals surface area contributed by atoms with Crippen LogP contribution in [-0.2, 0) is 7.05 Å². The third-order valence-electron chi connectivity index (χ3n) is 4.73. The van der Waals surface area contributed by atoms with E-state index in [1.54, 1.807) is 0 Å². The largest absolute Gasteiger partial charge is 0.423 e. The van der Waals surface area contributed by atoms with Crippen LogP contribution in [0.1, 0.15) is 28.8 Å². The van der Waals surface area contributed by atoms with Crippen LogP contribution in [0.5, 0.6) is 5.75 Å². The molecule has 0 saturated heterocycles. The second-order valence-electron chi connectivity index (χ2n) is 6.44. The van der Waals surface area contributed by atoms with Gasteiger partial charge in [0.1, 0.15) is 12.8 Å². The molecule has 0 atom stereocenters. The maximum absolute atomic E-state index is 13.0. The first kappa shape index (κ1) is 15.6. The van der Waals surface area contributed by atoms with E-state index >= 15 is 0 Å². The standard InChI is InChI=1S/C22H20NO2/c1-15-11-13-16(14-12-15)25-22(24)21-17-7-3-5-9-19(17)23(2)20-10-6-4-8-18(20)21/h3,5,7-14H,4,6H2,1-2H3/q+1. The summed E-state index contributed by atoms with van der Waals surface area (Å²) in [7, 11) is 2.05. The van der Waals surface area contributed by atoms with Crippen molar-refractivity contribution in [3.05, 3.63) is 70.2 Å². The molecule has 0 bridgehead atoms. The third kappa shape index (κ3) is 2.72. The normalized spacial score (nSPS) is 12.9. The van der Waals surface area contributed by atoms with Crippen LogP contribution in [-0.4, -0.2) is 5.97 Å². The number of para-hydroxylation sites is 1. The van der Waals surface area contributed by atoms with E-state index in [0.717, 1.165) is 39.9 Å². The monoisotopic (exact) mass is 330 g/mol. The highest BCUT2D eigenvalue weighted by Gasteiger charge is 2.22. The zero-order valence-electron chi connectivity index (χ0n) is 14.5. The number of rotatable bonds is 2. The number of aryl methyl sites for hydroxylation is 2. The number of ether oxygens (including phenoxy) is 1. The maximum atomic E-state index is 13.0. The van der Waals surface area contributed by atoms with E-state index in [2.05, 4.69) is 16.7 Å². The Balaban J connectivity index is 1.93. The Labute approximate surface area is 146 Å². The third-order valence-corrected chi connectivity index (χ3v) is 4.73. The van der Waals surface area contributed by atoms with Crippen molar-refractivity contribution in [2.45, 2.75) is 19.8 Å². The van der Waals surface area contributed by atoms with Crippen LogP contribution in [0.4, 0.5) is 0 Å². The fourth-order valence-electron chi connectivity index (χ4n) is 3.45. The average molecular weight is 330 g/mol. The molecule has 25 heavy (non-hydrogen) atoms. The Bertz CT molecular complexity index is 1100. The molecule has 2 aromatic carbocycles. The van der Waals surface area contributed by atoms with E-state index in [-0.39, 0.29) is 5.97 Å². The number of benzene rings is 2. The molecule has 0 aliphatic heterocycles. The van der Waals surface area contributed by atoms with Gasteiger partial charge in [0.25, 0.3) is 0 Å². The molecule has 0 N–H and O–H groups in total. The number of nitrogens with zero attached hydrogens (tertiary/aromatic N) is 1. The summed E-state index contributed by atoms with van der Waals surface area (Å²) in [6.07, 6.45) is 6.28. The van der Waals surface area contributed by atoms with Crippen molar-refractivity contribution in [2.24, 2.45) is 7.05 Å². The first-order valence-electron chi connectivity index (χ1n) is 8.55. The van der Waals surface area contributed by atoms with Gasteiger partial charge in [-0.15, -0.1) is 0 Å². The molecule has 1 aliphatic carbocycles. The number of carbonyl (C=O) groups excluding carboxylic acids is 1. The van der Waals surface area contributed by atoms with Crippen LogP contribution >= 0.6 is 0 Å². The van der Waals surface area contributed by atoms with Crippen molar-refractivity contribution in [1.29, 1.82) is 0 Å². The van der Waals surface area contributed by atoms with Gasteiger partial charge in [-0.2, -0.15) is 4.57 Å². The molecule has 3 heteroatoms. The van der Waals surface area contributed by atoms with Gasteiger partial charge < -0.3 is 4.74 Å². The van der Waals surface area contributed by atoms with Crippen molar-refractivity contribution in [3.8, 4) is 5.75 Å². The van der Waals surface area contributed by atoms with Gasteiger partial charge in [0.05, 0.1) is 16.2 Å². The maximum Gasteiger partial charge on any atom is 0.345 e. The molecule has 124 valence electrons. The van der Waals surface area contributed by atoms with Crippen LogP contribution in [0.2, 0.25) is 0 Å². The molecule has 4 rings (SSSR count). The second-order valence-corrected chi connectivity index (χ2v) is 6.44. The first-order chi connectivity index (χ1) is 12.1. The predicted octanol–water partition coefficient (Wildman–Crippen LogP) is 2.55. The number of pyridine rings is 1.